The van der Waals surface area contributed by atoms with Gasteiger partial charge in [-0.15, -0.1) is 0 Å². The maximum atomic E-state index is 13.9. The van der Waals surface area contributed by atoms with Crippen LogP contribution in [0.25, 0.3) is 22.1 Å². The maximum absolute atomic E-state index is 13.9. The summed E-state index contributed by atoms with van der Waals surface area (Å²) >= 11 is 6.41. The van der Waals surface area contributed by atoms with Crippen molar-refractivity contribution in [3.05, 3.63) is 92.8 Å². The average molecular weight is 455 g/mol. The Bertz CT molecular complexity index is 1430. The molecule has 3 aromatic carbocycles. The largest absolute Gasteiger partial charge is 0.421 e. The standard InChI is InChI=1S/C24H17ClF2N2O3/c1-12-9-16-20(10-13(12)2)32-23(30)22(21(16)15-5-3-4-6-17(15)25)29-24(31)28-19-8-7-14(26)11-18(19)27/h3-11H,1-2H3,(H2,28,29,31). The third kappa shape index (κ3) is 4.07. The Kier molecular flexibility index (Phi) is 5.67. The molecule has 0 bridgehead atoms. The van der Waals surface area contributed by atoms with Gasteiger partial charge in [-0.2, -0.15) is 0 Å². The van der Waals surface area contributed by atoms with Crippen LogP contribution in [0.1, 0.15) is 11.1 Å². The monoisotopic (exact) mass is 454 g/mol. The second kappa shape index (κ2) is 8.43. The summed E-state index contributed by atoms with van der Waals surface area (Å²) in [6.07, 6.45) is 0. The van der Waals surface area contributed by atoms with Crippen molar-refractivity contribution in [1.29, 1.82) is 0 Å². The minimum atomic E-state index is -0.955. The first-order chi connectivity index (χ1) is 15.2. The van der Waals surface area contributed by atoms with E-state index in [1.165, 1.54) is 0 Å². The number of carbonyl (C=O) groups excluding carboxylic acids is 1. The SMILES string of the molecule is Cc1cc2oc(=O)c(NC(=O)Nc3ccc(F)cc3F)c(-c3ccccc3Cl)c2cc1C. The number of anilines is 2. The Morgan fingerprint density at radius 3 is 2.41 bits per heavy atom. The van der Waals surface area contributed by atoms with Gasteiger partial charge in [0.05, 0.1) is 5.69 Å². The van der Waals surface area contributed by atoms with E-state index < -0.39 is 23.3 Å². The maximum Gasteiger partial charge on any atom is 0.360 e. The molecule has 4 aromatic rings. The van der Waals surface area contributed by atoms with Gasteiger partial charge in [-0.1, -0.05) is 29.8 Å². The number of urea groups is 1. The van der Waals surface area contributed by atoms with Crippen molar-refractivity contribution < 1.29 is 18.0 Å². The number of hydrogen-bond acceptors (Lipinski definition) is 3. The zero-order chi connectivity index (χ0) is 23.0. The molecule has 8 heteroatoms. The molecule has 5 nitrogen and oxygen atoms in total. The minimum Gasteiger partial charge on any atom is -0.421 e. The lowest BCUT2D eigenvalue weighted by Crippen LogP contribution is -2.24. The molecule has 2 N–H and O–H groups in total. The van der Waals surface area contributed by atoms with Crippen LogP contribution in [0.15, 0.2) is 63.8 Å². The first-order valence-corrected chi connectivity index (χ1v) is 9.98. The van der Waals surface area contributed by atoms with E-state index in [1.54, 1.807) is 30.3 Å². The first-order valence-electron chi connectivity index (χ1n) is 9.60. The molecule has 1 aromatic heterocycles. The van der Waals surface area contributed by atoms with Gasteiger partial charge in [0.25, 0.3) is 0 Å². The summed E-state index contributed by atoms with van der Waals surface area (Å²) < 4.78 is 32.5. The number of amides is 2. The van der Waals surface area contributed by atoms with E-state index in [9.17, 15) is 18.4 Å². The van der Waals surface area contributed by atoms with Gasteiger partial charge in [-0.05, 0) is 55.3 Å². The molecule has 32 heavy (non-hydrogen) atoms. The van der Waals surface area contributed by atoms with E-state index in [-0.39, 0.29) is 11.4 Å². The van der Waals surface area contributed by atoms with Gasteiger partial charge in [0.2, 0.25) is 0 Å². The minimum absolute atomic E-state index is 0.158. The molecule has 0 radical (unpaired) electrons. The number of fused-ring (bicyclic) bond motifs is 1. The average Bonchev–Trinajstić information content (AvgIpc) is 2.73. The number of benzene rings is 3. The molecule has 0 unspecified atom stereocenters. The van der Waals surface area contributed by atoms with Gasteiger partial charge < -0.3 is 15.1 Å². The molecule has 0 saturated carbocycles. The second-order valence-corrected chi connectivity index (χ2v) is 7.66. The van der Waals surface area contributed by atoms with Crippen LogP contribution in [0.3, 0.4) is 0 Å². The number of halogens is 3. The van der Waals surface area contributed by atoms with Crippen molar-refractivity contribution >= 4 is 40.0 Å². The molecule has 0 aliphatic rings. The van der Waals surface area contributed by atoms with Crippen LogP contribution in [-0.2, 0) is 0 Å². The Morgan fingerprint density at radius 2 is 1.69 bits per heavy atom. The third-order valence-corrected chi connectivity index (χ3v) is 5.41. The summed E-state index contributed by atoms with van der Waals surface area (Å²) in [5, 5.41) is 5.66. The molecular weight excluding hydrogens is 438 g/mol. The molecule has 0 aliphatic carbocycles. The number of aryl methyl sites for hydroxylation is 2. The molecule has 0 atom stereocenters. The van der Waals surface area contributed by atoms with Crippen molar-refractivity contribution in [2.75, 3.05) is 10.6 Å². The van der Waals surface area contributed by atoms with Gasteiger partial charge >= 0.3 is 11.7 Å². The van der Waals surface area contributed by atoms with Gasteiger partial charge in [-0.25, -0.2) is 18.4 Å². The molecule has 0 saturated heterocycles. The Labute approximate surface area is 186 Å². The van der Waals surface area contributed by atoms with Crippen LogP contribution in [0.4, 0.5) is 25.0 Å². The van der Waals surface area contributed by atoms with Crippen molar-refractivity contribution in [2.45, 2.75) is 13.8 Å². The van der Waals surface area contributed by atoms with Gasteiger partial charge in [0, 0.05) is 27.6 Å². The molecule has 162 valence electrons. The zero-order valence-corrected chi connectivity index (χ0v) is 17.8. The van der Waals surface area contributed by atoms with E-state index in [1.807, 2.05) is 19.9 Å². The van der Waals surface area contributed by atoms with E-state index in [0.717, 1.165) is 23.3 Å². The molecular formula is C24H17ClF2N2O3. The van der Waals surface area contributed by atoms with Crippen molar-refractivity contribution in [3.8, 4) is 11.1 Å². The number of rotatable bonds is 3. The van der Waals surface area contributed by atoms with Crippen LogP contribution < -0.4 is 16.3 Å². The van der Waals surface area contributed by atoms with Gasteiger partial charge in [0.15, 0.2) is 0 Å². The predicted octanol–water partition coefficient (Wildman–Crippen LogP) is 6.65. The quantitative estimate of drug-likeness (QED) is 0.340. The van der Waals surface area contributed by atoms with E-state index >= 15 is 0 Å². The fourth-order valence-electron chi connectivity index (χ4n) is 3.37. The van der Waals surface area contributed by atoms with Crippen LogP contribution in [0.2, 0.25) is 5.02 Å². The molecule has 0 aliphatic heterocycles. The van der Waals surface area contributed by atoms with E-state index in [4.69, 9.17) is 16.0 Å². The Hall–Kier alpha value is -3.71. The normalized spacial score (nSPS) is 10.9. The molecule has 0 spiro atoms. The molecule has 0 fully saturated rings. The van der Waals surface area contributed by atoms with Crippen molar-refractivity contribution in [2.24, 2.45) is 0 Å². The summed E-state index contributed by atoms with van der Waals surface area (Å²) in [6, 6.07) is 12.3. The smallest absolute Gasteiger partial charge is 0.360 e. The highest BCUT2D eigenvalue weighted by Gasteiger charge is 2.21. The first kappa shape index (κ1) is 21.5. The van der Waals surface area contributed by atoms with Crippen LogP contribution >= 0.6 is 11.6 Å². The zero-order valence-electron chi connectivity index (χ0n) is 17.1. The Morgan fingerprint density at radius 1 is 0.969 bits per heavy atom. The lowest BCUT2D eigenvalue weighted by atomic mass is 9.97. The highest BCUT2D eigenvalue weighted by atomic mass is 35.5. The Balaban J connectivity index is 1.87. The third-order valence-electron chi connectivity index (χ3n) is 5.08. The highest BCUT2D eigenvalue weighted by molar-refractivity contribution is 6.34. The van der Waals surface area contributed by atoms with Gasteiger partial charge in [0.1, 0.15) is 22.9 Å². The van der Waals surface area contributed by atoms with E-state index in [0.29, 0.717) is 33.2 Å². The van der Waals surface area contributed by atoms with Crippen LogP contribution in [-0.4, -0.2) is 6.03 Å². The number of carbonyl (C=O) groups is 1. The summed E-state index contributed by atoms with van der Waals surface area (Å²) in [5.41, 5.74) is 1.89. The van der Waals surface area contributed by atoms with Crippen LogP contribution in [0, 0.1) is 25.5 Å². The summed E-state index contributed by atoms with van der Waals surface area (Å²) in [5.74, 6) is -1.74. The molecule has 4 rings (SSSR count). The summed E-state index contributed by atoms with van der Waals surface area (Å²) in [7, 11) is 0. The topological polar surface area (TPSA) is 71.3 Å². The lowest BCUT2D eigenvalue weighted by molar-refractivity contribution is 0.262. The summed E-state index contributed by atoms with van der Waals surface area (Å²) in [6.45, 7) is 3.80. The number of hydrogen-bond donors (Lipinski definition) is 2. The van der Waals surface area contributed by atoms with Gasteiger partial charge in [-0.3, -0.25) is 0 Å². The highest BCUT2D eigenvalue weighted by Crippen LogP contribution is 2.38. The molecule has 1 heterocycles. The predicted molar refractivity (Wildman–Crippen MR) is 121 cm³/mol. The fraction of sp³-hybridized carbons (Fsp3) is 0.0833. The molecule has 2 amide bonds. The summed E-state index contributed by atoms with van der Waals surface area (Å²) in [4.78, 5) is 25.5. The lowest BCUT2D eigenvalue weighted by Gasteiger charge is -2.15. The fourth-order valence-corrected chi connectivity index (χ4v) is 3.60. The number of nitrogens with one attached hydrogen (secondary N) is 2. The second-order valence-electron chi connectivity index (χ2n) is 7.26. The van der Waals surface area contributed by atoms with Crippen LogP contribution in [0.5, 0.6) is 0 Å². The van der Waals surface area contributed by atoms with Crippen molar-refractivity contribution in [1.82, 2.24) is 0 Å². The van der Waals surface area contributed by atoms with Crippen molar-refractivity contribution in [3.63, 3.8) is 0 Å². The van der Waals surface area contributed by atoms with E-state index in [2.05, 4.69) is 10.6 Å².